The van der Waals surface area contributed by atoms with E-state index < -0.39 is 60.8 Å². The molecule has 0 heterocycles. The molecule has 0 aliphatic rings. The van der Waals surface area contributed by atoms with Gasteiger partial charge < -0.3 is 20.8 Å². The highest BCUT2D eigenvalue weighted by Gasteiger charge is 2.84. The zero-order chi connectivity index (χ0) is 22.6. The van der Waals surface area contributed by atoms with Crippen LogP contribution in [0.1, 0.15) is 26.7 Å². The molecule has 0 fully saturated rings. The van der Waals surface area contributed by atoms with E-state index in [1.807, 2.05) is 0 Å². The first-order valence-corrected chi connectivity index (χ1v) is 7.93. The number of alkyl halides is 8. The summed E-state index contributed by atoms with van der Waals surface area (Å²) in [5.74, 6) is -32.8. The van der Waals surface area contributed by atoms with Gasteiger partial charge in [-0.2, -0.15) is 35.1 Å². The van der Waals surface area contributed by atoms with Gasteiger partial charge in [0, 0.05) is 0 Å². The van der Waals surface area contributed by atoms with E-state index in [0.717, 1.165) is 10.6 Å². The number of nitrogens with one attached hydrogen (secondary N) is 2. The molecule has 28 heavy (non-hydrogen) atoms. The summed E-state index contributed by atoms with van der Waals surface area (Å²) in [7, 11) is 0. The summed E-state index contributed by atoms with van der Waals surface area (Å²) < 4.78 is 110. The minimum absolute atomic E-state index is 0.265. The van der Waals surface area contributed by atoms with Gasteiger partial charge in [-0.3, -0.25) is 9.59 Å². The molecule has 0 aromatic carbocycles. The second-order valence-corrected chi connectivity index (χ2v) is 5.82. The average molecular weight is 432 g/mol. The Hall–Kier alpha value is -1.70. The number of carbonyl (C=O) groups is 2. The monoisotopic (exact) mass is 432 g/mol. The van der Waals surface area contributed by atoms with Crippen LogP contribution >= 0.6 is 0 Å². The van der Waals surface area contributed by atoms with Crippen LogP contribution in [0.15, 0.2) is 0 Å². The van der Waals surface area contributed by atoms with E-state index in [1.54, 1.807) is 0 Å². The molecule has 0 saturated heterocycles. The standard InChI is InChI=1S/C14H20F8N2O4/c1-3-7(5-25)23-9(27)11(15,16)13(19,20)14(21,22)12(17,18)10(28)24-8(4-2)6-26/h7-8,25-26H,3-6H2,1-2H3,(H,23,27)(H,24,28)/t7-,8+. The Bertz CT molecular complexity index is 503. The lowest BCUT2D eigenvalue weighted by molar-refractivity contribution is -0.347. The third-order valence-corrected chi connectivity index (χ3v) is 3.85. The number of aliphatic hydroxyl groups is 2. The van der Waals surface area contributed by atoms with Crippen LogP contribution in [0.25, 0.3) is 0 Å². The summed E-state index contributed by atoms with van der Waals surface area (Å²) in [6, 6.07) is -3.05. The van der Waals surface area contributed by atoms with Crippen LogP contribution in [0.5, 0.6) is 0 Å². The maximum atomic E-state index is 13.7. The zero-order valence-corrected chi connectivity index (χ0v) is 14.7. The number of amides is 2. The van der Waals surface area contributed by atoms with Crippen LogP contribution in [0.3, 0.4) is 0 Å². The Labute approximate surface area is 154 Å². The third-order valence-electron chi connectivity index (χ3n) is 3.85. The Morgan fingerprint density at radius 1 is 0.714 bits per heavy atom. The van der Waals surface area contributed by atoms with Gasteiger partial charge in [-0.15, -0.1) is 0 Å². The molecule has 14 heteroatoms. The molecule has 0 spiro atoms. The second kappa shape index (κ2) is 9.20. The molecule has 2 amide bonds. The van der Waals surface area contributed by atoms with Gasteiger partial charge in [-0.25, -0.2) is 0 Å². The van der Waals surface area contributed by atoms with E-state index in [2.05, 4.69) is 0 Å². The van der Waals surface area contributed by atoms with Gasteiger partial charge in [-0.05, 0) is 12.8 Å². The van der Waals surface area contributed by atoms with Crippen molar-refractivity contribution in [3.05, 3.63) is 0 Å². The van der Waals surface area contributed by atoms with Gasteiger partial charge in [-0.1, -0.05) is 13.8 Å². The summed E-state index contributed by atoms with van der Waals surface area (Å²) in [6.45, 7) is 0.405. The Morgan fingerprint density at radius 3 is 1.14 bits per heavy atom. The molecule has 4 N–H and O–H groups in total. The maximum Gasteiger partial charge on any atom is 0.392 e. The van der Waals surface area contributed by atoms with Crippen LogP contribution in [0.2, 0.25) is 0 Å². The fraction of sp³-hybridized carbons (Fsp3) is 0.857. The molecule has 6 nitrogen and oxygen atoms in total. The van der Waals surface area contributed by atoms with Crippen LogP contribution in [-0.2, 0) is 9.59 Å². The predicted octanol–water partition coefficient (Wildman–Crippen LogP) is 1.30. The van der Waals surface area contributed by atoms with E-state index in [4.69, 9.17) is 10.2 Å². The third kappa shape index (κ3) is 4.64. The Morgan fingerprint density at radius 2 is 0.964 bits per heavy atom. The van der Waals surface area contributed by atoms with Crippen molar-refractivity contribution in [3.63, 3.8) is 0 Å². The van der Waals surface area contributed by atoms with Crippen molar-refractivity contribution in [1.29, 1.82) is 0 Å². The van der Waals surface area contributed by atoms with Gasteiger partial charge in [0.05, 0.1) is 25.3 Å². The molecule has 166 valence electrons. The van der Waals surface area contributed by atoms with Crippen molar-refractivity contribution in [1.82, 2.24) is 10.6 Å². The minimum atomic E-state index is -6.99. The van der Waals surface area contributed by atoms with E-state index in [-0.39, 0.29) is 12.8 Å². The van der Waals surface area contributed by atoms with Crippen molar-refractivity contribution in [2.24, 2.45) is 0 Å². The lowest BCUT2D eigenvalue weighted by Crippen LogP contribution is -2.69. The fourth-order valence-electron chi connectivity index (χ4n) is 1.79. The van der Waals surface area contributed by atoms with Crippen molar-refractivity contribution < 1.29 is 54.9 Å². The lowest BCUT2D eigenvalue weighted by atomic mass is 9.96. The highest BCUT2D eigenvalue weighted by atomic mass is 19.4. The molecule has 0 bridgehead atoms. The predicted molar refractivity (Wildman–Crippen MR) is 78.4 cm³/mol. The zero-order valence-electron chi connectivity index (χ0n) is 14.7. The van der Waals surface area contributed by atoms with Crippen LogP contribution in [-0.4, -0.2) is 71.0 Å². The molecule has 0 aliphatic heterocycles. The molecule has 0 rings (SSSR count). The van der Waals surface area contributed by atoms with Crippen LogP contribution in [0, 0.1) is 0 Å². The number of rotatable bonds is 11. The maximum absolute atomic E-state index is 13.7. The highest BCUT2D eigenvalue weighted by Crippen LogP contribution is 2.52. The summed E-state index contributed by atoms with van der Waals surface area (Å²) in [5.41, 5.74) is 0. The average Bonchev–Trinajstić information content (AvgIpc) is 2.62. The van der Waals surface area contributed by atoms with Crippen LogP contribution in [0.4, 0.5) is 35.1 Å². The van der Waals surface area contributed by atoms with E-state index in [9.17, 15) is 44.7 Å². The molecule has 0 unspecified atom stereocenters. The largest absolute Gasteiger partial charge is 0.394 e. The summed E-state index contributed by atoms with van der Waals surface area (Å²) in [4.78, 5) is 22.6. The van der Waals surface area contributed by atoms with Crippen molar-refractivity contribution >= 4 is 11.8 Å². The van der Waals surface area contributed by atoms with E-state index in [1.165, 1.54) is 13.8 Å². The number of hydrogen-bond donors (Lipinski definition) is 4. The topological polar surface area (TPSA) is 98.7 Å². The van der Waals surface area contributed by atoms with Gasteiger partial charge in [0.25, 0.3) is 11.8 Å². The smallest absolute Gasteiger partial charge is 0.392 e. The molecular formula is C14H20F8N2O4. The number of aliphatic hydroxyl groups excluding tert-OH is 2. The number of carbonyl (C=O) groups excluding carboxylic acids is 2. The first-order valence-electron chi connectivity index (χ1n) is 7.93. The molecular weight excluding hydrogens is 412 g/mol. The molecule has 0 aromatic heterocycles. The Kier molecular flexibility index (Phi) is 8.64. The first kappa shape index (κ1) is 26.3. The molecule has 2 atom stereocenters. The van der Waals surface area contributed by atoms with Gasteiger partial charge in [0.2, 0.25) is 0 Å². The molecule has 0 radical (unpaired) electrons. The van der Waals surface area contributed by atoms with Gasteiger partial charge in [0.15, 0.2) is 0 Å². The second-order valence-electron chi connectivity index (χ2n) is 5.82. The molecule has 0 saturated carbocycles. The highest BCUT2D eigenvalue weighted by molar-refractivity contribution is 5.87. The number of hydrogen-bond acceptors (Lipinski definition) is 4. The summed E-state index contributed by atoms with van der Waals surface area (Å²) in [5, 5.41) is 19.8. The number of halogens is 8. The normalized spacial score (nSPS) is 15.7. The van der Waals surface area contributed by atoms with Crippen molar-refractivity contribution in [3.8, 4) is 0 Å². The fourth-order valence-corrected chi connectivity index (χ4v) is 1.79. The minimum Gasteiger partial charge on any atom is -0.394 e. The Balaban J connectivity index is 5.86. The van der Waals surface area contributed by atoms with Gasteiger partial charge >= 0.3 is 23.7 Å². The first-order chi connectivity index (χ1) is 12.6. The van der Waals surface area contributed by atoms with E-state index >= 15 is 0 Å². The van der Waals surface area contributed by atoms with E-state index in [0.29, 0.717) is 0 Å². The summed E-state index contributed by atoms with van der Waals surface area (Å²) >= 11 is 0. The molecule has 0 aliphatic carbocycles. The van der Waals surface area contributed by atoms with Crippen molar-refractivity contribution in [2.45, 2.75) is 62.5 Å². The SMILES string of the molecule is CC[C@H](CO)NC(=O)C(F)(F)C(F)(F)C(F)(F)C(F)(F)C(=O)N[C@@H](CC)CO. The van der Waals surface area contributed by atoms with Gasteiger partial charge in [0.1, 0.15) is 0 Å². The lowest BCUT2D eigenvalue weighted by Gasteiger charge is -2.36. The quantitative estimate of drug-likeness (QED) is 0.370. The summed E-state index contributed by atoms with van der Waals surface area (Å²) in [6.07, 6.45) is -0.531. The van der Waals surface area contributed by atoms with Crippen molar-refractivity contribution in [2.75, 3.05) is 13.2 Å². The molecule has 0 aromatic rings. The van der Waals surface area contributed by atoms with Crippen LogP contribution < -0.4 is 10.6 Å².